The summed E-state index contributed by atoms with van der Waals surface area (Å²) in [5, 5.41) is 4.86. The van der Waals surface area contributed by atoms with Gasteiger partial charge >= 0.3 is 0 Å². The summed E-state index contributed by atoms with van der Waals surface area (Å²) in [6.45, 7) is 4.32. The summed E-state index contributed by atoms with van der Waals surface area (Å²) in [4.78, 5) is 27.9. The fourth-order valence-corrected chi connectivity index (χ4v) is 5.39. The van der Waals surface area contributed by atoms with Crippen LogP contribution in [0.4, 0.5) is 11.4 Å². The highest BCUT2D eigenvalue weighted by Gasteiger charge is 2.34. The maximum Gasteiger partial charge on any atom is 0.238 e. The summed E-state index contributed by atoms with van der Waals surface area (Å²) in [6, 6.07) is 20.0. The van der Waals surface area contributed by atoms with E-state index in [4.69, 9.17) is 0 Å². The van der Waals surface area contributed by atoms with Gasteiger partial charge in [-0.2, -0.15) is 0 Å². The Morgan fingerprint density at radius 1 is 1.13 bits per heavy atom. The first-order valence-corrected chi connectivity index (χ1v) is 11.9. The molecule has 2 amide bonds. The molecule has 0 radical (unpaired) electrons. The van der Waals surface area contributed by atoms with Crippen LogP contribution in [0.15, 0.2) is 66.0 Å². The molecule has 0 saturated carbocycles. The first-order valence-electron chi connectivity index (χ1n) is 9.97. The molecular weight excluding hydrogens is 412 g/mol. The molecule has 1 aliphatic rings. The van der Waals surface area contributed by atoms with Gasteiger partial charge in [0.1, 0.15) is 5.37 Å². The molecule has 4 rings (SSSR count). The largest absolute Gasteiger partial charge is 0.326 e. The number of nitrogens with one attached hydrogen (secondary N) is 1. The number of nitrogens with zero attached hydrogens (tertiary/aromatic N) is 1. The zero-order chi connectivity index (χ0) is 21.1. The average Bonchev–Trinajstić information content (AvgIpc) is 3.37. The Morgan fingerprint density at radius 2 is 1.93 bits per heavy atom. The second-order valence-corrected chi connectivity index (χ2v) is 9.70. The van der Waals surface area contributed by atoms with Crippen LogP contribution in [0.3, 0.4) is 0 Å². The molecule has 154 valence electrons. The van der Waals surface area contributed by atoms with Crippen molar-refractivity contribution in [3.8, 4) is 0 Å². The highest BCUT2D eigenvalue weighted by molar-refractivity contribution is 8.00. The zero-order valence-electron chi connectivity index (χ0n) is 17.0. The molecule has 0 aliphatic carbocycles. The van der Waals surface area contributed by atoms with Crippen LogP contribution >= 0.6 is 23.1 Å². The molecule has 4 nitrogen and oxygen atoms in total. The highest BCUT2D eigenvalue weighted by Crippen LogP contribution is 2.42. The number of thiophene rings is 1. The van der Waals surface area contributed by atoms with Crippen molar-refractivity contribution in [1.82, 2.24) is 0 Å². The van der Waals surface area contributed by atoms with Crippen LogP contribution in [0.2, 0.25) is 0 Å². The lowest BCUT2D eigenvalue weighted by atomic mass is 10.0. The van der Waals surface area contributed by atoms with E-state index in [9.17, 15) is 9.59 Å². The summed E-state index contributed by atoms with van der Waals surface area (Å²) in [6.07, 6.45) is 0.368. The Kier molecular flexibility index (Phi) is 6.25. The first-order chi connectivity index (χ1) is 14.5. The summed E-state index contributed by atoms with van der Waals surface area (Å²) in [7, 11) is 0. The predicted molar refractivity (Wildman–Crippen MR) is 126 cm³/mol. The SMILES string of the molecule is CC(C)c1ccc(N2C(=O)CS[C@H]2c2cccc(NC(=O)Cc3cccs3)c2)cc1. The monoisotopic (exact) mass is 436 g/mol. The quantitative estimate of drug-likeness (QED) is 0.529. The topological polar surface area (TPSA) is 49.4 Å². The Labute approximate surface area is 185 Å². The van der Waals surface area contributed by atoms with Crippen molar-refractivity contribution >= 4 is 46.3 Å². The minimum atomic E-state index is -0.100. The van der Waals surface area contributed by atoms with Crippen LogP contribution in [-0.2, 0) is 16.0 Å². The van der Waals surface area contributed by atoms with Gasteiger partial charge in [0.05, 0.1) is 12.2 Å². The molecule has 2 aromatic carbocycles. The van der Waals surface area contributed by atoms with Crippen molar-refractivity contribution in [1.29, 1.82) is 0 Å². The third kappa shape index (κ3) is 4.60. The van der Waals surface area contributed by atoms with Gasteiger partial charge in [-0.15, -0.1) is 23.1 Å². The van der Waals surface area contributed by atoms with Gasteiger partial charge in [0.2, 0.25) is 11.8 Å². The standard InChI is InChI=1S/C24H24N2O2S2/c1-16(2)17-8-10-20(11-9-17)26-23(28)15-30-24(26)18-5-3-6-19(13-18)25-22(27)14-21-7-4-12-29-21/h3-13,16,24H,14-15H2,1-2H3,(H,25,27)/t24-/m0/s1. The molecule has 1 saturated heterocycles. The average molecular weight is 437 g/mol. The van der Waals surface area contributed by atoms with E-state index < -0.39 is 0 Å². The van der Waals surface area contributed by atoms with Gasteiger partial charge in [0.15, 0.2) is 0 Å². The Hall–Kier alpha value is -2.57. The number of amides is 2. The van der Waals surface area contributed by atoms with Crippen LogP contribution in [0, 0.1) is 0 Å². The van der Waals surface area contributed by atoms with E-state index in [-0.39, 0.29) is 17.2 Å². The van der Waals surface area contributed by atoms with Gasteiger partial charge in [-0.1, -0.05) is 44.2 Å². The van der Waals surface area contributed by atoms with E-state index in [1.54, 1.807) is 23.1 Å². The normalized spacial score (nSPS) is 16.3. The third-order valence-electron chi connectivity index (χ3n) is 5.08. The molecule has 1 fully saturated rings. The highest BCUT2D eigenvalue weighted by atomic mass is 32.2. The Morgan fingerprint density at radius 3 is 2.63 bits per heavy atom. The second-order valence-electron chi connectivity index (χ2n) is 7.60. The number of benzene rings is 2. The molecular formula is C24H24N2O2S2. The lowest BCUT2D eigenvalue weighted by Gasteiger charge is -2.25. The summed E-state index contributed by atoms with van der Waals surface area (Å²) in [5.41, 5.74) is 3.92. The second kappa shape index (κ2) is 9.06. The summed E-state index contributed by atoms with van der Waals surface area (Å²) >= 11 is 3.19. The number of hydrogen-bond donors (Lipinski definition) is 1. The fraction of sp³-hybridized carbons (Fsp3) is 0.250. The number of thioether (sulfide) groups is 1. The predicted octanol–water partition coefficient (Wildman–Crippen LogP) is 5.83. The van der Waals surface area contributed by atoms with Gasteiger partial charge in [-0.25, -0.2) is 0 Å². The molecule has 3 aromatic rings. The van der Waals surface area contributed by atoms with Crippen molar-refractivity contribution in [3.63, 3.8) is 0 Å². The first kappa shape index (κ1) is 20.7. The Bertz CT molecular complexity index is 1030. The third-order valence-corrected chi connectivity index (χ3v) is 7.16. The van der Waals surface area contributed by atoms with E-state index in [1.165, 1.54) is 5.56 Å². The number of rotatable bonds is 6. The van der Waals surface area contributed by atoms with E-state index in [2.05, 4.69) is 31.3 Å². The van der Waals surface area contributed by atoms with Gasteiger partial charge < -0.3 is 5.32 Å². The fourth-order valence-electron chi connectivity index (χ4n) is 3.52. The smallest absolute Gasteiger partial charge is 0.238 e. The van der Waals surface area contributed by atoms with Gasteiger partial charge in [0, 0.05) is 16.3 Å². The molecule has 2 heterocycles. The minimum absolute atomic E-state index is 0.0362. The van der Waals surface area contributed by atoms with Crippen LogP contribution in [0.25, 0.3) is 0 Å². The summed E-state index contributed by atoms with van der Waals surface area (Å²) in [5.74, 6) is 0.972. The van der Waals surface area contributed by atoms with Crippen LogP contribution in [0.5, 0.6) is 0 Å². The van der Waals surface area contributed by atoms with Crippen LogP contribution in [0.1, 0.15) is 41.1 Å². The van der Waals surface area contributed by atoms with Crippen LogP contribution < -0.4 is 10.2 Å². The maximum atomic E-state index is 12.7. The lowest BCUT2D eigenvalue weighted by molar-refractivity contribution is -0.116. The number of carbonyl (C=O) groups is 2. The van der Waals surface area contributed by atoms with Crippen molar-refractivity contribution in [2.75, 3.05) is 16.0 Å². The molecule has 1 aromatic heterocycles. The molecule has 1 aliphatic heterocycles. The molecule has 1 N–H and O–H groups in total. The maximum absolute atomic E-state index is 12.7. The van der Waals surface area contributed by atoms with Crippen molar-refractivity contribution in [3.05, 3.63) is 82.0 Å². The van der Waals surface area contributed by atoms with E-state index in [0.29, 0.717) is 18.1 Å². The Balaban J connectivity index is 1.52. The molecule has 0 bridgehead atoms. The molecule has 0 unspecified atom stereocenters. The molecule has 6 heteroatoms. The van der Waals surface area contributed by atoms with E-state index in [0.717, 1.165) is 21.8 Å². The minimum Gasteiger partial charge on any atom is -0.326 e. The number of anilines is 2. The lowest BCUT2D eigenvalue weighted by Crippen LogP contribution is -2.27. The number of hydrogen-bond acceptors (Lipinski definition) is 4. The molecule has 0 spiro atoms. The molecule has 1 atom stereocenters. The van der Waals surface area contributed by atoms with Gasteiger partial charge in [0.25, 0.3) is 0 Å². The van der Waals surface area contributed by atoms with Gasteiger partial charge in [-0.3, -0.25) is 14.5 Å². The number of carbonyl (C=O) groups excluding carboxylic acids is 2. The van der Waals surface area contributed by atoms with E-state index in [1.807, 2.05) is 58.8 Å². The van der Waals surface area contributed by atoms with E-state index >= 15 is 0 Å². The summed E-state index contributed by atoms with van der Waals surface area (Å²) < 4.78 is 0. The van der Waals surface area contributed by atoms with Gasteiger partial charge in [-0.05, 0) is 52.8 Å². The van der Waals surface area contributed by atoms with Crippen LogP contribution in [-0.4, -0.2) is 17.6 Å². The van der Waals surface area contributed by atoms with Crippen molar-refractivity contribution in [2.24, 2.45) is 0 Å². The zero-order valence-corrected chi connectivity index (χ0v) is 18.6. The van der Waals surface area contributed by atoms with Crippen molar-refractivity contribution in [2.45, 2.75) is 31.6 Å². The molecule has 30 heavy (non-hydrogen) atoms. The van der Waals surface area contributed by atoms with Crippen molar-refractivity contribution < 1.29 is 9.59 Å².